The van der Waals surface area contributed by atoms with Gasteiger partial charge in [-0.15, -0.1) is 0 Å². The number of ketones is 1. The highest BCUT2D eigenvalue weighted by atomic mass is 16.6. The molecule has 1 aromatic carbocycles. The zero-order valence-electron chi connectivity index (χ0n) is 14.1. The summed E-state index contributed by atoms with van der Waals surface area (Å²) in [6.45, 7) is 11.2. The van der Waals surface area contributed by atoms with E-state index in [9.17, 15) is 9.59 Å². The first-order chi connectivity index (χ1) is 10.8. The van der Waals surface area contributed by atoms with Crippen molar-refractivity contribution in [1.29, 1.82) is 0 Å². The lowest BCUT2D eigenvalue weighted by molar-refractivity contribution is -0.142. The summed E-state index contributed by atoms with van der Waals surface area (Å²) in [5, 5.41) is 0. The van der Waals surface area contributed by atoms with E-state index in [0.717, 1.165) is 5.56 Å². The molecule has 1 heterocycles. The van der Waals surface area contributed by atoms with Gasteiger partial charge in [0.05, 0.1) is 0 Å². The molecule has 0 spiro atoms. The Kier molecular flexibility index (Phi) is 4.83. The number of rotatable bonds is 6. The Morgan fingerprint density at radius 1 is 1.30 bits per heavy atom. The van der Waals surface area contributed by atoms with Crippen molar-refractivity contribution in [3.05, 3.63) is 48.0 Å². The number of esters is 1. The van der Waals surface area contributed by atoms with Gasteiger partial charge in [-0.05, 0) is 37.0 Å². The molecule has 0 aliphatic carbocycles. The lowest BCUT2D eigenvalue weighted by Crippen LogP contribution is -2.48. The van der Waals surface area contributed by atoms with Crippen molar-refractivity contribution in [2.75, 3.05) is 0 Å². The van der Waals surface area contributed by atoms with Crippen LogP contribution in [0.4, 0.5) is 0 Å². The normalized spacial score (nSPS) is 21.8. The third kappa shape index (κ3) is 2.85. The summed E-state index contributed by atoms with van der Waals surface area (Å²) in [5.41, 5.74) is 0.0887. The van der Waals surface area contributed by atoms with Gasteiger partial charge in [-0.1, -0.05) is 45.5 Å². The number of cyclic esters (lactones) is 1. The van der Waals surface area contributed by atoms with Gasteiger partial charge in [-0.3, -0.25) is 4.79 Å². The second-order valence-electron chi connectivity index (χ2n) is 6.19. The molecule has 0 amide bonds. The fourth-order valence-electron chi connectivity index (χ4n) is 3.17. The molecule has 2 atom stereocenters. The molecule has 1 aliphatic heterocycles. The van der Waals surface area contributed by atoms with Crippen LogP contribution in [0.3, 0.4) is 0 Å². The van der Waals surface area contributed by atoms with Gasteiger partial charge in [0.25, 0.3) is 0 Å². The van der Waals surface area contributed by atoms with Crippen LogP contribution in [0.5, 0.6) is 0 Å². The number of aliphatic imine (C=N–C) groups is 1. The number of carbonyl (C=O) groups excluding carboxylic acids is 2. The maximum Gasteiger partial charge on any atom is 0.341 e. The molecule has 0 bridgehead atoms. The van der Waals surface area contributed by atoms with Crippen LogP contribution in [0.1, 0.15) is 39.7 Å². The highest BCUT2D eigenvalue weighted by Crippen LogP contribution is 2.42. The topological polar surface area (TPSA) is 55.7 Å². The Hall–Kier alpha value is -2.23. The molecule has 0 radical (unpaired) electrons. The van der Waals surface area contributed by atoms with Crippen molar-refractivity contribution in [3.8, 4) is 0 Å². The summed E-state index contributed by atoms with van der Waals surface area (Å²) in [7, 11) is 0. The molecule has 0 saturated carbocycles. The van der Waals surface area contributed by atoms with E-state index in [1.807, 2.05) is 51.1 Å². The Labute approximate surface area is 137 Å². The van der Waals surface area contributed by atoms with Crippen LogP contribution in [0.25, 0.3) is 0 Å². The van der Waals surface area contributed by atoms with Crippen molar-refractivity contribution in [2.24, 2.45) is 16.8 Å². The quantitative estimate of drug-likeness (QED) is 0.596. The van der Waals surface area contributed by atoms with Crippen LogP contribution >= 0.6 is 0 Å². The van der Waals surface area contributed by atoms with Gasteiger partial charge in [-0.25, -0.2) is 9.79 Å². The molecule has 23 heavy (non-hydrogen) atoms. The van der Waals surface area contributed by atoms with E-state index in [0.29, 0.717) is 17.9 Å². The fourth-order valence-corrected chi connectivity index (χ4v) is 3.17. The highest BCUT2D eigenvalue weighted by Gasteiger charge is 2.54. The zero-order chi connectivity index (χ0) is 17.2. The minimum absolute atomic E-state index is 0.114. The lowest BCUT2D eigenvalue weighted by atomic mass is 9.71. The van der Waals surface area contributed by atoms with E-state index in [2.05, 4.69) is 11.6 Å². The molecule has 2 rings (SSSR count). The van der Waals surface area contributed by atoms with Gasteiger partial charge < -0.3 is 4.74 Å². The standard InChI is InChI=1S/C19H23NO3/c1-6-16(13(4)14(5)21)19(12(2)3)18(22)23-17(20-19)15-10-8-7-9-11-15/h7-12,16H,4,6H2,1-3,5H3/t16-,19+/m1/s1. The third-order valence-electron chi connectivity index (χ3n) is 4.52. The maximum absolute atomic E-state index is 12.8. The minimum atomic E-state index is -1.09. The summed E-state index contributed by atoms with van der Waals surface area (Å²) in [6.07, 6.45) is 0.595. The molecule has 0 N–H and O–H groups in total. The van der Waals surface area contributed by atoms with Gasteiger partial charge >= 0.3 is 5.97 Å². The fraction of sp³-hybridized carbons (Fsp3) is 0.421. The molecule has 1 aliphatic rings. The molecular weight excluding hydrogens is 290 g/mol. The van der Waals surface area contributed by atoms with Crippen LogP contribution in [0.2, 0.25) is 0 Å². The van der Waals surface area contributed by atoms with Crippen molar-refractivity contribution in [1.82, 2.24) is 0 Å². The summed E-state index contributed by atoms with van der Waals surface area (Å²) < 4.78 is 5.50. The van der Waals surface area contributed by atoms with Crippen molar-refractivity contribution in [3.63, 3.8) is 0 Å². The number of ether oxygens (including phenoxy) is 1. The largest absolute Gasteiger partial charge is 0.405 e. The van der Waals surface area contributed by atoms with Gasteiger partial charge in [0.1, 0.15) is 0 Å². The average Bonchev–Trinajstić information content (AvgIpc) is 2.87. The van der Waals surface area contributed by atoms with E-state index in [-0.39, 0.29) is 17.6 Å². The van der Waals surface area contributed by atoms with Crippen LogP contribution in [0, 0.1) is 11.8 Å². The summed E-state index contributed by atoms with van der Waals surface area (Å²) in [4.78, 5) is 29.3. The number of nitrogens with zero attached hydrogens (tertiary/aromatic N) is 1. The van der Waals surface area contributed by atoms with Crippen molar-refractivity contribution in [2.45, 2.75) is 39.7 Å². The number of hydrogen-bond donors (Lipinski definition) is 0. The van der Waals surface area contributed by atoms with Crippen molar-refractivity contribution < 1.29 is 14.3 Å². The maximum atomic E-state index is 12.8. The van der Waals surface area contributed by atoms with Crippen LogP contribution in [-0.2, 0) is 14.3 Å². The number of benzene rings is 1. The molecule has 0 aromatic heterocycles. The zero-order valence-corrected chi connectivity index (χ0v) is 14.1. The van der Waals surface area contributed by atoms with Crippen molar-refractivity contribution >= 4 is 17.7 Å². The molecule has 1 aromatic rings. The molecular formula is C19H23NO3. The second-order valence-corrected chi connectivity index (χ2v) is 6.19. The first kappa shape index (κ1) is 17.1. The molecule has 0 unspecified atom stereocenters. The third-order valence-corrected chi connectivity index (χ3v) is 4.52. The van der Waals surface area contributed by atoms with E-state index >= 15 is 0 Å². The minimum Gasteiger partial charge on any atom is -0.405 e. The second kappa shape index (κ2) is 6.49. The SMILES string of the molecule is C=C(C(C)=O)[C@@H](CC)[C@]1(C(C)C)N=C(c2ccccc2)OC1=O. The predicted molar refractivity (Wildman–Crippen MR) is 90.2 cm³/mol. The number of hydrogen-bond acceptors (Lipinski definition) is 4. The average molecular weight is 313 g/mol. The van der Waals surface area contributed by atoms with Gasteiger partial charge in [0.2, 0.25) is 5.90 Å². The number of carbonyl (C=O) groups is 2. The Morgan fingerprint density at radius 2 is 1.91 bits per heavy atom. The van der Waals surface area contributed by atoms with Gasteiger partial charge in [-0.2, -0.15) is 0 Å². The first-order valence-corrected chi connectivity index (χ1v) is 7.91. The molecule has 122 valence electrons. The number of Topliss-reactive ketones (excluding diaryl/α,β-unsaturated/α-hetero) is 1. The van der Waals surface area contributed by atoms with Gasteiger partial charge in [0, 0.05) is 11.5 Å². The predicted octanol–water partition coefficient (Wildman–Crippen LogP) is 3.56. The lowest BCUT2D eigenvalue weighted by Gasteiger charge is -2.34. The van der Waals surface area contributed by atoms with E-state index in [1.165, 1.54) is 6.92 Å². The summed E-state index contributed by atoms with van der Waals surface area (Å²) in [5.74, 6) is -0.682. The molecule has 0 fully saturated rings. The summed E-state index contributed by atoms with van der Waals surface area (Å²) >= 11 is 0. The monoisotopic (exact) mass is 313 g/mol. The van der Waals surface area contributed by atoms with Gasteiger partial charge in [0.15, 0.2) is 11.3 Å². The molecule has 4 nitrogen and oxygen atoms in total. The first-order valence-electron chi connectivity index (χ1n) is 7.91. The Morgan fingerprint density at radius 3 is 2.39 bits per heavy atom. The molecule has 4 heteroatoms. The van der Waals surface area contributed by atoms with Crippen LogP contribution < -0.4 is 0 Å². The van der Waals surface area contributed by atoms with E-state index < -0.39 is 11.5 Å². The van der Waals surface area contributed by atoms with E-state index in [4.69, 9.17) is 4.74 Å². The molecule has 0 saturated heterocycles. The Balaban J connectivity index is 2.56. The Bertz CT molecular complexity index is 660. The summed E-state index contributed by atoms with van der Waals surface area (Å²) in [6, 6.07) is 9.33. The van der Waals surface area contributed by atoms with Crippen LogP contribution in [0.15, 0.2) is 47.5 Å². The van der Waals surface area contributed by atoms with Crippen LogP contribution in [-0.4, -0.2) is 23.2 Å². The van der Waals surface area contributed by atoms with E-state index in [1.54, 1.807) is 0 Å². The highest BCUT2D eigenvalue weighted by molar-refractivity contribution is 6.09. The smallest absolute Gasteiger partial charge is 0.341 e.